The van der Waals surface area contributed by atoms with E-state index in [4.69, 9.17) is 11.6 Å². The van der Waals surface area contributed by atoms with E-state index < -0.39 is 22.8 Å². The molecule has 0 N–H and O–H groups in total. The smallest absolute Gasteiger partial charge is 0.288 e. The minimum Gasteiger partial charge on any atom is -0.288 e. The number of hydrogen-bond acceptors (Lipinski definition) is 4. The highest BCUT2D eigenvalue weighted by molar-refractivity contribution is 7.28. The molecule has 0 aliphatic carbocycles. The Bertz CT molecular complexity index is 809. The fraction of sp³-hybridized carbons (Fsp3) is 0.0769. The summed E-state index contributed by atoms with van der Waals surface area (Å²) >= 11 is 8.50. The molecule has 0 atom stereocenters. The number of aromatic nitrogens is 1. The lowest BCUT2D eigenvalue weighted by atomic mass is 10.1. The van der Waals surface area contributed by atoms with Crippen molar-refractivity contribution in [2.75, 3.05) is 0 Å². The fourth-order valence-electron chi connectivity index (χ4n) is 1.77. The average Bonchev–Trinajstić information content (AvgIpc) is 2.97. The zero-order valence-electron chi connectivity index (χ0n) is 10.1. The molecule has 0 saturated heterocycles. The lowest BCUT2D eigenvalue weighted by Crippen LogP contribution is -2.10. The van der Waals surface area contributed by atoms with Crippen LogP contribution >= 0.6 is 34.3 Å². The highest BCUT2D eigenvalue weighted by atomic mass is 35.5. The van der Waals surface area contributed by atoms with E-state index in [9.17, 15) is 18.0 Å². The van der Waals surface area contributed by atoms with Gasteiger partial charge in [0.2, 0.25) is 5.78 Å². The first kappa shape index (κ1) is 14.5. The quantitative estimate of drug-likeness (QED) is 0.467. The molecular formula is C13H5ClF3NOS2. The molecule has 0 bridgehead atoms. The molecule has 3 aromatic heterocycles. The second-order valence-electron chi connectivity index (χ2n) is 4.12. The van der Waals surface area contributed by atoms with Gasteiger partial charge in [0.15, 0.2) is 0 Å². The van der Waals surface area contributed by atoms with E-state index in [-0.39, 0.29) is 5.56 Å². The SMILES string of the molecule is O=C(c1cc2sccc2s1)c1ccc(C(F)(F)F)nc1Cl. The first-order chi connectivity index (χ1) is 9.86. The van der Waals surface area contributed by atoms with E-state index in [0.717, 1.165) is 21.5 Å². The van der Waals surface area contributed by atoms with Crippen LogP contribution < -0.4 is 0 Å². The van der Waals surface area contributed by atoms with Crippen molar-refractivity contribution >= 4 is 49.5 Å². The van der Waals surface area contributed by atoms with Crippen LogP contribution in [0.2, 0.25) is 5.15 Å². The van der Waals surface area contributed by atoms with Gasteiger partial charge in [-0.3, -0.25) is 4.79 Å². The molecule has 0 aromatic carbocycles. The average molecular weight is 348 g/mol. The van der Waals surface area contributed by atoms with Gasteiger partial charge in [-0.05, 0) is 29.6 Å². The molecule has 108 valence electrons. The number of pyridine rings is 1. The number of carbonyl (C=O) groups is 1. The summed E-state index contributed by atoms with van der Waals surface area (Å²) in [7, 11) is 0. The topological polar surface area (TPSA) is 30.0 Å². The number of carbonyl (C=O) groups excluding carboxylic acids is 1. The minimum atomic E-state index is -4.59. The maximum Gasteiger partial charge on any atom is 0.433 e. The van der Waals surface area contributed by atoms with Gasteiger partial charge in [0, 0.05) is 9.40 Å². The van der Waals surface area contributed by atoms with Gasteiger partial charge in [-0.1, -0.05) is 11.6 Å². The second-order valence-corrected chi connectivity index (χ2v) is 6.51. The van der Waals surface area contributed by atoms with E-state index in [1.165, 1.54) is 22.7 Å². The maximum atomic E-state index is 12.5. The number of alkyl halides is 3. The van der Waals surface area contributed by atoms with E-state index >= 15 is 0 Å². The number of nitrogens with zero attached hydrogens (tertiary/aromatic N) is 1. The van der Waals surface area contributed by atoms with Crippen LogP contribution in [-0.4, -0.2) is 10.8 Å². The summed E-state index contributed by atoms with van der Waals surface area (Å²) in [5, 5.41) is 1.47. The number of hydrogen-bond donors (Lipinski definition) is 0. The van der Waals surface area contributed by atoms with Crippen molar-refractivity contribution in [3.63, 3.8) is 0 Å². The Morgan fingerprint density at radius 2 is 1.95 bits per heavy atom. The molecule has 0 amide bonds. The Kier molecular flexibility index (Phi) is 3.51. The van der Waals surface area contributed by atoms with Crippen LogP contribution in [0.1, 0.15) is 20.9 Å². The molecule has 3 rings (SSSR count). The maximum absolute atomic E-state index is 12.5. The van der Waals surface area contributed by atoms with Crippen molar-refractivity contribution in [1.82, 2.24) is 4.98 Å². The first-order valence-electron chi connectivity index (χ1n) is 5.62. The predicted molar refractivity (Wildman–Crippen MR) is 77.4 cm³/mol. The Labute approximate surface area is 129 Å². The van der Waals surface area contributed by atoms with Crippen molar-refractivity contribution in [3.8, 4) is 0 Å². The molecule has 0 saturated carbocycles. The van der Waals surface area contributed by atoms with Crippen LogP contribution in [0.3, 0.4) is 0 Å². The lowest BCUT2D eigenvalue weighted by molar-refractivity contribution is -0.141. The van der Waals surface area contributed by atoms with Gasteiger partial charge in [0.05, 0.1) is 10.4 Å². The lowest BCUT2D eigenvalue weighted by Gasteiger charge is -2.07. The number of thiophene rings is 2. The van der Waals surface area contributed by atoms with Gasteiger partial charge >= 0.3 is 6.18 Å². The van der Waals surface area contributed by atoms with Crippen LogP contribution in [0.5, 0.6) is 0 Å². The molecule has 0 fully saturated rings. The predicted octanol–water partition coefficient (Wildman–Crippen LogP) is 5.26. The molecule has 3 aromatic rings. The number of ketones is 1. The highest BCUT2D eigenvalue weighted by Gasteiger charge is 2.33. The van der Waals surface area contributed by atoms with Gasteiger partial charge in [-0.2, -0.15) is 13.2 Å². The van der Waals surface area contributed by atoms with Crippen molar-refractivity contribution in [2.24, 2.45) is 0 Å². The zero-order valence-corrected chi connectivity index (χ0v) is 12.5. The van der Waals surface area contributed by atoms with Gasteiger partial charge in [-0.25, -0.2) is 4.98 Å². The Hall–Kier alpha value is -1.44. The number of halogens is 4. The van der Waals surface area contributed by atoms with Gasteiger partial charge in [-0.15, -0.1) is 22.7 Å². The third-order valence-corrected chi connectivity index (χ3v) is 5.13. The standard InChI is InChI=1S/C13H5ClF3NOS2/c14-12-6(1-2-10(18-12)13(15,16)17)11(19)9-5-8-7(21-9)3-4-20-8/h1-5H. The molecule has 0 radical (unpaired) electrons. The molecular weight excluding hydrogens is 343 g/mol. The summed E-state index contributed by atoms with van der Waals surface area (Å²) in [5.74, 6) is -0.422. The summed E-state index contributed by atoms with van der Waals surface area (Å²) in [6.07, 6.45) is -4.59. The van der Waals surface area contributed by atoms with E-state index in [1.54, 1.807) is 6.07 Å². The van der Waals surface area contributed by atoms with Crippen LogP contribution in [0.4, 0.5) is 13.2 Å². The molecule has 8 heteroatoms. The summed E-state index contributed by atoms with van der Waals surface area (Å²) in [6, 6.07) is 5.42. The fourth-order valence-corrected chi connectivity index (χ4v) is 4.07. The largest absolute Gasteiger partial charge is 0.433 e. The van der Waals surface area contributed by atoms with Crippen LogP contribution in [0.25, 0.3) is 9.40 Å². The summed E-state index contributed by atoms with van der Waals surface area (Å²) in [6.45, 7) is 0. The van der Waals surface area contributed by atoms with Gasteiger partial charge in [0.25, 0.3) is 0 Å². The minimum absolute atomic E-state index is 0.0291. The van der Waals surface area contributed by atoms with E-state index in [1.807, 2.05) is 11.4 Å². The van der Waals surface area contributed by atoms with Crippen molar-refractivity contribution in [2.45, 2.75) is 6.18 Å². The normalized spacial score (nSPS) is 12.0. The molecule has 3 heterocycles. The Morgan fingerprint density at radius 1 is 1.19 bits per heavy atom. The highest BCUT2D eigenvalue weighted by Crippen LogP contribution is 2.33. The van der Waals surface area contributed by atoms with Gasteiger partial charge in [0.1, 0.15) is 10.8 Å². The van der Waals surface area contributed by atoms with Crippen LogP contribution in [0, 0.1) is 0 Å². The Morgan fingerprint density at radius 3 is 2.57 bits per heavy atom. The molecule has 21 heavy (non-hydrogen) atoms. The number of fused-ring (bicyclic) bond motifs is 1. The van der Waals surface area contributed by atoms with E-state index in [0.29, 0.717) is 4.88 Å². The summed E-state index contributed by atoms with van der Waals surface area (Å²) in [5.41, 5.74) is -1.14. The van der Waals surface area contributed by atoms with Crippen molar-refractivity contribution < 1.29 is 18.0 Å². The molecule has 0 unspecified atom stereocenters. The Balaban J connectivity index is 2.00. The summed E-state index contributed by atoms with van der Waals surface area (Å²) < 4.78 is 39.5. The van der Waals surface area contributed by atoms with Crippen LogP contribution in [0.15, 0.2) is 29.6 Å². The second kappa shape index (κ2) is 5.08. The van der Waals surface area contributed by atoms with Gasteiger partial charge < -0.3 is 0 Å². The monoisotopic (exact) mass is 347 g/mol. The molecule has 0 aliphatic rings. The van der Waals surface area contributed by atoms with Crippen LogP contribution in [-0.2, 0) is 6.18 Å². The summed E-state index contributed by atoms with van der Waals surface area (Å²) in [4.78, 5) is 16.0. The van der Waals surface area contributed by atoms with Crippen molar-refractivity contribution in [3.05, 3.63) is 50.9 Å². The molecule has 2 nitrogen and oxygen atoms in total. The molecule has 0 aliphatic heterocycles. The first-order valence-corrected chi connectivity index (χ1v) is 7.69. The van der Waals surface area contributed by atoms with Crippen molar-refractivity contribution in [1.29, 1.82) is 0 Å². The van der Waals surface area contributed by atoms with E-state index in [2.05, 4.69) is 4.98 Å². The molecule has 0 spiro atoms. The number of rotatable bonds is 2. The third-order valence-electron chi connectivity index (χ3n) is 2.75. The zero-order chi connectivity index (χ0) is 15.2. The third kappa shape index (κ3) is 2.68.